The largest absolute Gasteiger partial charge is 0.492 e. The molecule has 30 heavy (non-hydrogen) atoms. The Morgan fingerprint density at radius 1 is 1.30 bits per heavy atom. The van der Waals surface area contributed by atoms with Crippen molar-refractivity contribution in [1.29, 1.82) is 0 Å². The van der Waals surface area contributed by atoms with Crippen molar-refractivity contribution in [2.24, 2.45) is 0 Å². The molecule has 0 spiro atoms. The van der Waals surface area contributed by atoms with Gasteiger partial charge in [-0.1, -0.05) is 0 Å². The zero-order chi connectivity index (χ0) is 21.8. The molecule has 1 aromatic heterocycles. The molecule has 1 aliphatic carbocycles. The molecule has 0 amide bonds. The summed E-state index contributed by atoms with van der Waals surface area (Å²) in [7, 11) is 1.86. The molecule has 2 heterocycles. The van der Waals surface area contributed by atoms with Gasteiger partial charge in [0.2, 0.25) is 5.95 Å². The molecule has 2 unspecified atom stereocenters. The minimum absolute atomic E-state index is 0.0810. The number of likely N-dealkylation sites (tertiary alicyclic amines) is 1. The number of aliphatic hydroxyl groups is 2. The predicted octanol–water partition coefficient (Wildman–Crippen LogP) is 3.11. The van der Waals surface area contributed by atoms with Crippen molar-refractivity contribution in [3.8, 4) is 5.75 Å². The number of aromatic nitrogens is 2. The van der Waals surface area contributed by atoms with E-state index in [2.05, 4.69) is 5.10 Å². The Kier molecular flexibility index (Phi) is 5.22. The standard InChI is InChI=1S/C20H25F4N3O3/c1-19(29)8-12(9-19)27-17-15(18(21)25-27)6-14(7-16(17)20(22,23)24)30-10-11-5-13(28)3-4-26(11)2/h6-7,11-13,28-29H,3-5,8-10H2,1-2H3. The molecule has 166 valence electrons. The van der Waals surface area contributed by atoms with Crippen molar-refractivity contribution in [1.82, 2.24) is 14.7 Å². The number of piperidine rings is 1. The van der Waals surface area contributed by atoms with Crippen molar-refractivity contribution in [3.05, 3.63) is 23.6 Å². The van der Waals surface area contributed by atoms with Crippen LogP contribution in [0.3, 0.4) is 0 Å². The Labute approximate surface area is 171 Å². The highest BCUT2D eigenvalue weighted by Crippen LogP contribution is 2.45. The van der Waals surface area contributed by atoms with Crippen molar-refractivity contribution in [2.45, 2.75) is 62.6 Å². The zero-order valence-electron chi connectivity index (χ0n) is 16.8. The van der Waals surface area contributed by atoms with E-state index in [0.29, 0.717) is 19.4 Å². The van der Waals surface area contributed by atoms with Gasteiger partial charge in [-0.3, -0.25) is 9.58 Å². The summed E-state index contributed by atoms with van der Waals surface area (Å²) in [6.07, 6.45) is -3.71. The molecule has 10 heteroatoms. The van der Waals surface area contributed by atoms with Crippen molar-refractivity contribution in [3.63, 3.8) is 0 Å². The maximum absolute atomic E-state index is 14.5. The molecule has 2 aliphatic rings. The summed E-state index contributed by atoms with van der Waals surface area (Å²) in [5.74, 6) is -1.10. The number of hydrogen-bond acceptors (Lipinski definition) is 5. The average molecular weight is 431 g/mol. The number of rotatable bonds is 4. The van der Waals surface area contributed by atoms with E-state index in [4.69, 9.17) is 4.74 Å². The minimum atomic E-state index is -4.73. The lowest BCUT2D eigenvalue weighted by atomic mass is 9.77. The Bertz CT molecular complexity index is 936. The second-order valence-corrected chi connectivity index (χ2v) is 8.78. The van der Waals surface area contributed by atoms with Gasteiger partial charge in [0.05, 0.1) is 34.2 Å². The highest BCUT2D eigenvalue weighted by molar-refractivity contribution is 5.85. The number of nitrogens with zero attached hydrogens (tertiary/aromatic N) is 3. The first-order valence-electron chi connectivity index (χ1n) is 9.97. The number of fused-ring (bicyclic) bond motifs is 1. The normalized spacial score (nSPS) is 30.5. The number of benzene rings is 1. The lowest BCUT2D eigenvalue weighted by Gasteiger charge is -2.41. The summed E-state index contributed by atoms with van der Waals surface area (Å²) in [5.41, 5.74) is -2.34. The van der Waals surface area contributed by atoms with E-state index in [-0.39, 0.29) is 42.1 Å². The molecule has 1 aliphatic heterocycles. The summed E-state index contributed by atoms with van der Waals surface area (Å²) < 4.78 is 62.6. The molecule has 1 aromatic carbocycles. The smallest absolute Gasteiger partial charge is 0.418 e. The predicted molar refractivity (Wildman–Crippen MR) is 101 cm³/mol. The Hall–Kier alpha value is -1.91. The van der Waals surface area contributed by atoms with Crippen molar-refractivity contribution < 1.29 is 32.5 Å². The number of hydrogen-bond donors (Lipinski definition) is 2. The monoisotopic (exact) mass is 431 g/mol. The Morgan fingerprint density at radius 2 is 2.00 bits per heavy atom. The number of aliphatic hydroxyl groups excluding tert-OH is 1. The number of ether oxygens (including phenoxy) is 1. The molecule has 2 aromatic rings. The summed E-state index contributed by atoms with van der Waals surface area (Å²) >= 11 is 0. The second-order valence-electron chi connectivity index (χ2n) is 8.78. The van der Waals surface area contributed by atoms with Gasteiger partial charge in [0, 0.05) is 12.6 Å². The maximum Gasteiger partial charge on any atom is 0.418 e. The van der Waals surface area contributed by atoms with Crippen LogP contribution in [-0.2, 0) is 6.18 Å². The highest BCUT2D eigenvalue weighted by atomic mass is 19.4. The minimum Gasteiger partial charge on any atom is -0.492 e. The first kappa shape index (κ1) is 21.3. The van der Waals surface area contributed by atoms with Crippen molar-refractivity contribution in [2.75, 3.05) is 20.2 Å². The van der Waals surface area contributed by atoms with Gasteiger partial charge in [0.1, 0.15) is 12.4 Å². The van der Waals surface area contributed by atoms with E-state index >= 15 is 0 Å². The van der Waals surface area contributed by atoms with Crippen LogP contribution < -0.4 is 4.74 Å². The molecule has 1 saturated carbocycles. The number of likely N-dealkylation sites (N-methyl/N-ethyl adjacent to an activating group) is 1. The molecular weight excluding hydrogens is 406 g/mol. The maximum atomic E-state index is 14.5. The molecule has 6 nitrogen and oxygen atoms in total. The summed E-state index contributed by atoms with van der Waals surface area (Å²) in [4.78, 5) is 1.98. The van der Waals surface area contributed by atoms with Gasteiger partial charge >= 0.3 is 6.18 Å². The topological polar surface area (TPSA) is 70.8 Å². The SMILES string of the molecule is CN1CCC(O)CC1COc1cc(C(F)(F)F)c2c(c1)c(F)nn2C1CC(C)(O)C1. The molecule has 2 N–H and O–H groups in total. The van der Waals surface area contributed by atoms with Gasteiger partial charge in [-0.25, -0.2) is 0 Å². The molecule has 0 bridgehead atoms. The number of halogens is 4. The van der Waals surface area contributed by atoms with E-state index in [1.165, 1.54) is 6.07 Å². The zero-order valence-corrected chi connectivity index (χ0v) is 16.8. The third-order valence-corrected chi connectivity index (χ3v) is 6.16. The average Bonchev–Trinajstić information content (AvgIpc) is 2.95. The van der Waals surface area contributed by atoms with Crippen molar-refractivity contribution >= 4 is 10.9 Å². The van der Waals surface area contributed by atoms with Crippen LogP contribution in [0.5, 0.6) is 5.75 Å². The molecule has 2 fully saturated rings. The third kappa shape index (κ3) is 4.00. The second kappa shape index (κ2) is 7.35. The fraction of sp³-hybridized carbons (Fsp3) is 0.650. The van der Waals surface area contributed by atoms with Gasteiger partial charge in [0.25, 0.3) is 0 Å². The lowest BCUT2D eigenvalue weighted by molar-refractivity contribution is -0.136. The van der Waals surface area contributed by atoms with Crippen LogP contribution in [0.4, 0.5) is 17.6 Å². The first-order valence-corrected chi connectivity index (χ1v) is 9.97. The van der Waals surface area contributed by atoms with E-state index in [1.54, 1.807) is 6.92 Å². The van der Waals surface area contributed by atoms with Gasteiger partial charge < -0.3 is 14.9 Å². The first-order chi connectivity index (χ1) is 13.9. The van der Waals surface area contributed by atoms with Crippen LogP contribution in [-0.4, -0.2) is 62.8 Å². The van der Waals surface area contributed by atoms with E-state index in [1.807, 2.05) is 11.9 Å². The van der Waals surface area contributed by atoms with Crippen LogP contribution in [0.1, 0.15) is 44.2 Å². The van der Waals surface area contributed by atoms with Crippen LogP contribution in [0.15, 0.2) is 12.1 Å². The highest BCUT2D eigenvalue weighted by Gasteiger charge is 2.43. The lowest BCUT2D eigenvalue weighted by Crippen LogP contribution is -2.45. The van der Waals surface area contributed by atoms with Crippen LogP contribution in [0.2, 0.25) is 0 Å². The van der Waals surface area contributed by atoms with E-state index < -0.39 is 35.4 Å². The van der Waals surface area contributed by atoms with Gasteiger partial charge in [-0.15, -0.1) is 5.10 Å². The molecular formula is C20H25F4N3O3. The summed E-state index contributed by atoms with van der Waals surface area (Å²) in [5, 5.41) is 23.2. The summed E-state index contributed by atoms with van der Waals surface area (Å²) in [6, 6.07) is 1.45. The third-order valence-electron chi connectivity index (χ3n) is 6.16. The Morgan fingerprint density at radius 3 is 2.63 bits per heavy atom. The molecule has 2 atom stereocenters. The molecule has 4 rings (SSSR count). The number of alkyl halides is 3. The van der Waals surface area contributed by atoms with Gasteiger partial charge in [-0.2, -0.15) is 17.6 Å². The quantitative estimate of drug-likeness (QED) is 0.728. The van der Waals surface area contributed by atoms with Gasteiger partial charge in [-0.05, 0) is 51.8 Å². The van der Waals surface area contributed by atoms with E-state index in [9.17, 15) is 27.8 Å². The van der Waals surface area contributed by atoms with Gasteiger partial charge in [0.15, 0.2) is 0 Å². The molecule has 0 radical (unpaired) electrons. The summed E-state index contributed by atoms with van der Waals surface area (Å²) in [6.45, 7) is 2.33. The van der Waals surface area contributed by atoms with E-state index in [0.717, 1.165) is 10.7 Å². The molecule has 1 saturated heterocycles. The van der Waals surface area contributed by atoms with Crippen LogP contribution in [0.25, 0.3) is 10.9 Å². The fourth-order valence-corrected chi connectivity index (χ4v) is 4.44. The van der Waals surface area contributed by atoms with Crippen LogP contribution >= 0.6 is 0 Å². The Balaban J connectivity index is 1.67. The van der Waals surface area contributed by atoms with Crippen LogP contribution in [0, 0.1) is 5.95 Å². The fourth-order valence-electron chi connectivity index (χ4n) is 4.44.